The topological polar surface area (TPSA) is 83.0 Å². The molecule has 0 bridgehead atoms. The Balaban J connectivity index is 1.29. The van der Waals surface area contributed by atoms with Crippen molar-refractivity contribution >= 4 is 62.3 Å². The first-order valence-corrected chi connectivity index (χ1v) is 13.2. The number of hydrogen-bond acceptors (Lipinski definition) is 5. The van der Waals surface area contributed by atoms with E-state index < -0.39 is 5.91 Å². The monoisotopic (exact) mass is 539 g/mol. The highest BCUT2D eigenvalue weighted by Gasteiger charge is 2.36. The zero-order chi connectivity index (χ0) is 26.2. The SMILES string of the molecule is Cc1cccc(OCCn2cc(C=C3C(=N)N4N=C(c5ccccc5Cl)SC4=NC3=O)c3ccccc32)c1. The molecule has 0 saturated heterocycles. The van der Waals surface area contributed by atoms with Crippen molar-refractivity contribution in [2.75, 3.05) is 6.61 Å². The zero-order valence-corrected chi connectivity index (χ0v) is 22.0. The number of fused-ring (bicyclic) bond motifs is 2. The number of nitrogens with zero attached hydrogens (tertiary/aromatic N) is 4. The third-order valence-corrected chi connectivity index (χ3v) is 7.54. The van der Waals surface area contributed by atoms with Crippen LogP contribution in [0.2, 0.25) is 5.02 Å². The van der Waals surface area contributed by atoms with Crippen LogP contribution in [0.25, 0.3) is 17.0 Å². The number of hydrogen-bond donors (Lipinski definition) is 1. The van der Waals surface area contributed by atoms with Crippen LogP contribution in [0.4, 0.5) is 0 Å². The van der Waals surface area contributed by atoms with Gasteiger partial charge in [-0.3, -0.25) is 10.2 Å². The number of carbonyl (C=O) groups is 1. The lowest BCUT2D eigenvalue weighted by Gasteiger charge is -2.20. The molecule has 0 unspecified atom stereocenters. The van der Waals surface area contributed by atoms with E-state index in [2.05, 4.69) is 14.7 Å². The van der Waals surface area contributed by atoms with Gasteiger partial charge in [-0.05, 0) is 54.6 Å². The molecule has 0 saturated carbocycles. The van der Waals surface area contributed by atoms with Crippen LogP contribution in [0, 0.1) is 12.3 Å². The number of nitrogens with one attached hydrogen (secondary N) is 1. The van der Waals surface area contributed by atoms with E-state index in [-0.39, 0.29) is 11.4 Å². The average molecular weight is 540 g/mol. The number of benzene rings is 3. The molecule has 0 fully saturated rings. The van der Waals surface area contributed by atoms with Gasteiger partial charge >= 0.3 is 0 Å². The summed E-state index contributed by atoms with van der Waals surface area (Å²) in [5, 5.41) is 17.2. The van der Waals surface area contributed by atoms with E-state index >= 15 is 0 Å². The Labute approximate surface area is 228 Å². The summed E-state index contributed by atoms with van der Waals surface area (Å²) in [6, 6.07) is 23.3. The van der Waals surface area contributed by atoms with E-state index in [0.29, 0.717) is 28.4 Å². The van der Waals surface area contributed by atoms with E-state index in [1.54, 1.807) is 12.1 Å². The lowest BCUT2D eigenvalue weighted by molar-refractivity contribution is -0.114. The maximum Gasteiger partial charge on any atom is 0.283 e. The van der Waals surface area contributed by atoms with Gasteiger partial charge in [0.05, 0.1) is 17.1 Å². The van der Waals surface area contributed by atoms with Crippen molar-refractivity contribution in [3.8, 4) is 5.75 Å². The van der Waals surface area contributed by atoms with Gasteiger partial charge in [-0.1, -0.05) is 60.1 Å². The standard InChI is InChI=1S/C29H22ClN5O2S/c1-18-7-6-8-20(15-18)37-14-13-34-17-19(21-9-3-5-12-25(21)34)16-23-26(31)35-29(32-27(23)36)38-28(33-35)22-10-2-4-11-24(22)30/h2-12,15-17,31H,13-14H2,1H3. The second kappa shape index (κ2) is 9.96. The molecule has 0 atom stereocenters. The van der Waals surface area contributed by atoms with E-state index in [9.17, 15) is 4.79 Å². The van der Waals surface area contributed by atoms with Crippen LogP contribution in [0.5, 0.6) is 5.75 Å². The first-order chi connectivity index (χ1) is 18.5. The van der Waals surface area contributed by atoms with E-state index in [1.165, 1.54) is 16.8 Å². The molecule has 38 heavy (non-hydrogen) atoms. The molecular weight excluding hydrogens is 518 g/mol. The molecule has 188 valence electrons. The number of hydrazone groups is 1. The molecule has 3 aromatic carbocycles. The summed E-state index contributed by atoms with van der Waals surface area (Å²) in [5.74, 6) is 0.344. The van der Waals surface area contributed by atoms with Gasteiger partial charge < -0.3 is 9.30 Å². The number of thioether (sulfide) groups is 1. The average Bonchev–Trinajstić information content (AvgIpc) is 3.49. The lowest BCUT2D eigenvalue weighted by atomic mass is 10.1. The third-order valence-electron chi connectivity index (χ3n) is 6.27. The quantitative estimate of drug-likeness (QED) is 0.289. The number of halogens is 1. The number of aliphatic imine (C=N–C) groups is 1. The van der Waals surface area contributed by atoms with E-state index in [0.717, 1.165) is 33.3 Å². The maximum atomic E-state index is 13.0. The van der Waals surface area contributed by atoms with Crippen LogP contribution in [0.15, 0.2) is 94.7 Å². The summed E-state index contributed by atoms with van der Waals surface area (Å²) in [4.78, 5) is 17.2. The normalized spacial score (nSPS) is 16.2. The maximum absolute atomic E-state index is 13.0. The Morgan fingerprint density at radius 2 is 1.89 bits per heavy atom. The molecule has 1 amide bonds. The van der Waals surface area contributed by atoms with Gasteiger partial charge in [0.1, 0.15) is 17.4 Å². The number of amides is 1. The van der Waals surface area contributed by atoms with Gasteiger partial charge in [-0.15, -0.1) is 0 Å². The number of carbonyl (C=O) groups excluding carboxylic acids is 1. The number of para-hydroxylation sites is 1. The molecule has 2 aliphatic rings. The van der Waals surface area contributed by atoms with Crippen LogP contribution < -0.4 is 4.74 Å². The molecule has 1 aromatic heterocycles. The van der Waals surface area contributed by atoms with Crippen molar-refractivity contribution in [1.29, 1.82) is 5.41 Å². The Hall–Kier alpha value is -4.14. The molecule has 4 aromatic rings. The number of rotatable bonds is 6. The van der Waals surface area contributed by atoms with Crippen LogP contribution in [0.3, 0.4) is 0 Å². The summed E-state index contributed by atoms with van der Waals surface area (Å²) in [7, 11) is 0. The summed E-state index contributed by atoms with van der Waals surface area (Å²) in [5.41, 5.74) is 3.90. The summed E-state index contributed by atoms with van der Waals surface area (Å²) >= 11 is 7.57. The predicted octanol–water partition coefficient (Wildman–Crippen LogP) is 6.35. The van der Waals surface area contributed by atoms with Crippen molar-refractivity contribution in [2.45, 2.75) is 13.5 Å². The minimum absolute atomic E-state index is 0.0193. The Kier molecular flexibility index (Phi) is 6.35. The molecule has 0 radical (unpaired) electrons. The molecule has 7 nitrogen and oxygen atoms in total. The van der Waals surface area contributed by atoms with Gasteiger partial charge in [-0.2, -0.15) is 15.1 Å². The highest BCUT2D eigenvalue weighted by atomic mass is 35.5. The number of aryl methyl sites for hydroxylation is 1. The predicted molar refractivity (Wildman–Crippen MR) is 154 cm³/mol. The summed E-state index contributed by atoms with van der Waals surface area (Å²) in [6.07, 6.45) is 3.70. The summed E-state index contributed by atoms with van der Waals surface area (Å²) in [6.45, 7) is 3.15. The third kappa shape index (κ3) is 4.53. The molecule has 1 N–H and O–H groups in total. The minimum atomic E-state index is -0.469. The van der Waals surface area contributed by atoms with Crippen LogP contribution in [-0.4, -0.2) is 38.1 Å². The lowest BCUT2D eigenvalue weighted by Crippen LogP contribution is -2.35. The van der Waals surface area contributed by atoms with Crippen LogP contribution in [-0.2, 0) is 11.3 Å². The van der Waals surface area contributed by atoms with Gasteiger partial charge in [0, 0.05) is 28.2 Å². The first kappa shape index (κ1) is 24.2. The molecule has 6 rings (SSSR count). The van der Waals surface area contributed by atoms with Gasteiger partial charge in [-0.25, -0.2) is 0 Å². The van der Waals surface area contributed by atoms with E-state index in [1.807, 2.05) is 79.9 Å². The van der Waals surface area contributed by atoms with Gasteiger partial charge in [0.15, 0.2) is 5.84 Å². The zero-order valence-electron chi connectivity index (χ0n) is 20.4. The molecule has 0 aliphatic carbocycles. The first-order valence-electron chi connectivity index (χ1n) is 12.0. The van der Waals surface area contributed by atoms with Crippen molar-refractivity contribution in [3.63, 3.8) is 0 Å². The van der Waals surface area contributed by atoms with Gasteiger partial charge in [0.25, 0.3) is 5.91 Å². The Morgan fingerprint density at radius 1 is 1.08 bits per heavy atom. The second-order valence-corrected chi connectivity index (χ2v) is 10.2. The summed E-state index contributed by atoms with van der Waals surface area (Å²) < 4.78 is 8.06. The molecule has 9 heteroatoms. The largest absolute Gasteiger partial charge is 0.492 e. The fraction of sp³-hybridized carbons (Fsp3) is 0.103. The minimum Gasteiger partial charge on any atom is -0.492 e. The molecular formula is C29H22ClN5O2S. The highest BCUT2D eigenvalue weighted by Crippen LogP contribution is 2.33. The van der Waals surface area contributed by atoms with Crippen LogP contribution >= 0.6 is 23.4 Å². The van der Waals surface area contributed by atoms with Crippen LogP contribution in [0.1, 0.15) is 16.7 Å². The Bertz CT molecular complexity index is 1700. The van der Waals surface area contributed by atoms with Gasteiger partial charge in [0.2, 0.25) is 5.17 Å². The van der Waals surface area contributed by atoms with Crippen molar-refractivity contribution in [2.24, 2.45) is 10.1 Å². The molecule has 3 heterocycles. The fourth-order valence-corrected chi connectivity index (χ4v) is 5.65. The van der Waals surface area contributed by atoms with Crippen molar-refractivity contribution in [1.82, 2.24) is 9.58 Å². The van der Waals surface area contributed by atoms with Crippen molar-refractivity contribution < 1.29 is 9.53 Å². The highest BCUT2D eigenvalue weighted by molar-refractivity contribution is 8.27. The smallest absolute Gasteiger partial charge is 0.283 e. The number of amidine groups is 2. The molecule has 0 spiro atoms. The fourth-order valence-electron chi connectivity index (χ4n) is 4.43. The molecule has 2 aliphatic heterocycles. The van der Waals surface area contributed by atoms with Crippen molar-refractivity contribution in [3.05, 3.63) is 106 Å². The number of aromatic nitrogens is 1. The second-order valence-electron chi connectivity index (χ2n) is 8.86. The Morgan fingerprint density at radius 3 is 2.74 bits per heavy atom. The number of ether oxygens (including phenoxy) is 1. The van der Waals surface area contributed by atoms with E-state index in [4.69, 9.17) is 21.7 Å².